The van der Waals surface area contributed by atoms with Crippen molar-refractivity contribution in [3.8, 4) is 16.8 Å². The highest BCUT2D eigenvalue weighted by molar-refractivity contribution is 7.99. The van der Waals surface area contributed by atoms with Crippen LogP contribution in [-0.2, 0) is 32.2 Å². The van der Waals surface area contributed by atoms with Crippen molar-refractivity contribution < 1.29 is 29.3 Å². The van der Waals surface area contributed by atoms with Crippen molar-refractivity contribution in [1.82, 2.24) is 25.5 Å². The van der Waals surface area contributed by atoms with Crippen LogP contribution in [0.4, 0.5) is 0 Å². The van der Waals surface area contributed by atoms with Gasteiger partial charge in [0.25, 0.3) is 0 Å². The number of aliphatic hydroxyl groups is 1. The number of rotatable bonds is 14. The molecule has 11 nitrogen and oxygen atoms in total. The van der Waals surface area contributed by atoms with Crippen LogP contribution in [0.2, 0.25) is 0 Å². The molecular formula is C38H39N5O6S. The molecule has 1 aromatic heterocycles. The van der Waals surface area contributed by atoms with Gasteiger partial charge in [0.2, 0.25) is 11.1 Å². The Kier molecular flexibility index (Phi) is 11.7. The first-order chi connectivity index (χ1) is 24.4. The van der Waals surface area contributed by atoms with E-state index in [4.69, 9.17) is 14.6 Å². The third-order valence-corrected chi connectivity index (χ3v) is 9.68. The average molecular weight is 694 g/mol. The van der Waals surface area contributed by atoms with E-state index >= 15 is 0 Å². The predicted molar refractivity (Wildman–Crippen MR) is 188 cm³/mol. The largest absolute Gasteiger partial charge is 0.481 e. The Hall–Kier alpha value is -4.88. The Bertz CT molecular complexity index is 1870. The highest BCUT2D eigenvalue weighted by Crippen LogP contribution is 2.43. The number of hydrogen-bond acceptors (Lipinski definition) is 9. The first-order valence-corrected chi connectivity index (χ1v) is 17.5. The molecule has 4 atom stereocenters. The smallest absolute Gasteiger partial charge is 0.303 e. The van der Waals surface area contributed by atoms with E-state index < -0.39 is 12.3 Å². The van der Waals surface area contributed by atoms with Gasteiger partial charge in [-0.15, -0.1) is 5.10 Å². The maximum absolute atomic E-state index is 12.2. The number of benzene rings is 4. The summed E-state index contributed by atoms with van der Waals surface area (Å²) < 4.78 is 15.0. The summed E-state index contributed by atoms with van der Waals surface area (Å²) in [4.78, 5) is 22.9. The van der Waals surface area contributed by atoms with E-state index in [1.807, 2.05) is 103 Å². The van der Waals surface area contributed by atoms with Gasteiger partial charge in [-0.3, -0.25) is 9.59 Å². The fourth-order valence-electron chi connectivity index (χ4n) is 5.85. The number of nitrogens with one attached hydrogen (secondary N) is 1. The van der Waals surface area contributed by atoms with E-state index in [-0.39, 0.29) is 43.5 Å². The zero-order valence-corrected chi connectivity index (χ0v) is 28.4. The van der Waals surface area contributed by atoms with Gasteiger partial charge in [-0.2, -0.15) is 4.68 Å². The third kappa shape index (κ3) is 8.82. The molecule has 5 aromatic rings. The van der Waals surface area contributed by atoms with Crippen LogP contribution in [-0.4, -0.2) is 54.2 Å². The van der Waals surface area contributed by atoms with Crippen LogP contribution in [0.3, 0.4) is 0 Å². The molecule has 4 aromatic carbocycles. The van der Waals surface area contributed by atoms with Gasteiger partial charge in [-0.05, 0) is 62.9 Å². The van der Waals surface area contributed by atoms with Crippen LogP contribution < -0.4 is 5.32 Å². The number of tetrazole rings is 1. The maximum atomic E-state index is 12.2. The normalized spacial score (nSPS) is 18.8. The fraction of sp³-hybridized carbons (Fsp3) is 0.289. The quantitative estimate of drug-likeness (QED) is 0.114. The Balaban J connectivity index is 1.17. The number of nitrogens with zero attached hydrogens (tertiary/aromatic N) is 4. The summed E-state index contributed by atoms with van der Waals surface area (Å²) in [6.07, 6.45) is -0.611. The molecule has 258 valence electrons. The number of hydrogen-bond donors (Lipinski definition) is 3. The minimum Gasteiger partial charge on any atom is -0.481 e. The summed E-state index contributed by atoms with van der Waals surface area (Å²) in [5.41, 5.74) is 6.55. The molecule has 12 heteroatoms. The van der Waals surface area contributed by atoms with Gasteiger partial charge in [0.05, 0.1) is 24.5 Å². The number of carboxylic acids is 1. The number of para-hydroxylation sites is 1. The highest BCUT2D eigenvalue weighted by atomic mass is 32.2. The van der Waals surface area contributed by atoms with E-state index in [0.29, 0.717) is 23.9 Å². The first-order valence-electron chi connectivity index (χ1n) is 16.5. The summed E-state index contributed by atoms with van der Waals surface area (Å²) in [7, 11) is 0. The zero-order chi connectivity index (χ0) is 34.9. The van der Waals surface area contributed by atoms with Gasteiger partial charge < -0.3 is 25.0 Å². The summed E-state index contributed by atoms with van der Waals surface area (Å²) in [5.74, 6) is -0.477. The van der Waals surface area contributed by atoms with Crippen LogP contribution in [0.15, 0.2) is 108 Å². The molecule has 0 bridgehead atoms. The SMILES string of the molecule is CC1C(CSc2nnnn2-c2ccccc2)OC(c2ccc(-c3cccc(CNC(=O)CCCC(=O)O)c3)cc2)OC1c1ccc(CO)cc1. The van der Waals surface area contributed by atoms with Crippen molar-refractivity contribution in [2.45, 2.75) is 63.0 Å². The lowest BCUT2D eigenvalue weighted by Crippen LogP contribution is -2.38. The van der Waals surface area contributed by atoms with E-state index in [1.165, 1.54) is 11.8 Å². The average Bonchev–Trinajstić information content (AvgIpc) is 3.63. The monoisotopic (exact) mass is 693 g/mol. The molecule has 2 heterocycles. The molecule has 4 unspecified atom stereocenters. The number of ether oxygens (including phenoxy) is 2. The third-order valence-electron chi connectivity index (χ3n) is 8.67. The number of aromatic nitrogens is 4. The lowest BCUT2D eigenvalue weighted by molar-refractivity contribution is -0.268. The zero-order valence-electron chi connectivity index (χ0n) is 27.6. The van der Waals surface area contributed by atoms with Crippen LogP contribution in [0.5, 0.6) is 0 Å². The number of amides is 1. The van der Waals surface area contributed by atoms with Crippen molar-refractivity contribution in [3.05, 3.63) is 125 Å². The summed E-state index contributed by atoms with van der Waals surface area (Å²) in [5, 5.41) is 34.3. The van der Waals surface area contributed by atoms with Gasteiger partial charge in [0.15, 0.2) is 6.29 Å². The van der Waals surface area contributed by atoms with Crippen molar-refractivity contribution in [3.63, 3.8) is 0 Å². The van der Waals surface area contributed by atoms with E-state index in [0.717, 1.165) is 39.1 Å². The van der Waals surface area contributed by atoms with Gasteiger partial charge in [0.1, 0.15) is 0 Å². The molecule has 0 radical (unpaired) electrons. The van der Waals surface area contributed by atoms with Crippen LogP contribution in [0.1, 0.15) is 60.8 Å². The topological polar surface area (TPSA) is 149 Å². The predicted octanol–water partition coefficient (Wildman–Crippen LogP) is 6.28. The molecule has 1 amide bonds. The van der Waals surface area contributed by atoms with Crippen LogP contribution in [0.25, 0.3) is 16.8 Å². The Morgan fingerprint density at radius 2 is 1.62 bits per heavy atom. The number of thioether (sulfide) groups is 1. The summed E-state index contributed by atoms with van der Waals surface area (Å²) in [6.45, 7) is 2.46. The van der Waals surface area contributed by atoms with Gasteiger partial charge in [-0.1, -0.05) is 104 Å². The molecule has 1 fully saturated rings. The van der Waals surface area contributed by atoms with E-state index in [2.05, 4.69) is 27.8 Å². The minimum absolute atomic E-state index is 0.000504. The van der Waals surface area contributed by atoms with Crippen LogP contribution in [0, 0.1) is 5.92 Å². The van der Waals surface area contributed by atoms with Gasteiger partial charge in [0, 0.05) is 36.6 Å². The first kappa shape index (κ1) is 35.0. The number of carboxylic acid groups (broad SMARTS) is 1. The molecule has 1 aliphatic rings. The second-order valence-electron chi connectivity index (χ2n) is 12.2. The number of carbonyl (C=O) groups excluding carboxylic acids is 1. The van der Waals surface area contributed by atoms with Gasteiger partial charge >= 0.3 is 5.97 Å². The molecule has 0 saturated carbocycles. The Labute approximate surface area is 294 Å². The van der Waals surface area contributed by atoms with Crippen molar-refractivity contribution in [2.75, 3.05) is 5.75 Å². The molecule has 0 spiro atoms. The second kappa shape index (κ2) is 16.7. The fourth-order valence-corrected chi connectivity index (χ4v) is 6.90. The standard InChI is InChI=1S/C38H39N5O6S/c1-25-33(24-50-38-40-41-42-43(38)32-9-3-2-4-10-32)48-37(49-36(25)29-15-13-26(23-44)14-16-29)30-19-17-28(18-20-30)31-8-5-7-27(21-31)22-39-34(45)11-6-12-35(46)47/h2-5,7-10,13-21,25,33,36-37,44H,6,11-12,22-24H2,1H3,(H,39,45)(H,46,47). The maximum Gasteiger partial charge on any atom is 0.303 e. The summed E-state index contributed by atoms with van der Waals surface area (Å²) >= 11 is 1.53. The van der Waals surface area contributed by atoms with Crippen molar-refractivity contribution in [1.29, 1.82) is 0 Å². The molecule has 50 heavy (non-hydrogen) atoms. The molecular weight excluding hydrogens is 655 g/mol. The van der Waals surface area contributed by atoms with Crippen molar-refractivity contribution in [2.24, 2.45) is 5.92 Å². The lowest BCUT2D eigenvalue weighted by Gasteiger charge is -2.41. The van der Waals surface area contributed by atoms with Gasteiger partial charge in [-0.25, -0.2) is 0 Å². The molecule has 1 aliphatic heterocycles. The second-order valence-corrected chi connectivity index (χ2v) is 13.2. The molecule has 0 aliphatic carbocycles. The van der Waals surface area contributed by atoms with E-state index in [1.54, 1.807) is 4.68 Å². The van der Waals surface area contributed by atoms with Crippen LogP contribution >= 0.6 is 11.8 Å². The Morgan fingerprint density at radius 3 is 2.36 bits per heavy atom. The number of aliphatic carboxylic acids is 1. The number of carbonyl (C=O) groups is 2. The number of aliphatic hydroxyl groups excluding tert-OH is 1. The Morgan fingerprint density at radius 1 is 0.860 bits per heavy atom. The van der Waals surface area contributed by atoms with Crippen molar-refractivity contribution >= 4 is 23.6 Å². The minimum atomic E-state index is -0.904. The molecule has 1 saturated heterocycles. The lowest BCUT2D eigenvalue weighted by atomic mass is 9.91. The van der Waals surface area contributed by atoms with E-state index in [9.17, 15) is 14.7 Å². The highest BCUT2D eigenvalue weighted by Gasteiger charge is 2.38. The molecule has 6 rings (SSSR count). The molecule has 3 N–H and O–H groups in total. The summed E-state index contributed by atoms with van der Waals surface area (Å²) in [6, 6.07) is 33.7.